The molecule has 0 aromatic heterocycles. The van der Waals surface area contributed by atoms with Crippen LogP contribution in [-0.2, 0) is 4.79 Å². The molecule has 1 aliphatic heterocycles. The normalized spacial score (nSPS) is 17.4. The lowest BCUT2D eigenvalue weighted by atomic mass is 9.97. The summed E-state index contributed by atoms with van der Waals surface area (Å²) in [7, 11) is 0. The molecule has 0 aliphatic carbocycles. The Bertz CT molecular complexity index is 438. The number of carbonyl (C=O) groups excluding carboxylic acids is 1. The number of benzene rings is 1. The topological polar surface area (TPSA) is 58.4 Å². The summed E-state index contributed by atoms with van der Waals surface area (Å²) in [6.07, 6.45) is 4.47. The van der Waals surface area contributed by atoms with Gasteiger partial charge in [0.1, 0.15) is 0 Å². The van der Waals surface area contributed by atoms with E-state index in [9.17, 15) is 4.79 Å². The first-order chi connectivity index (χ1) is 10.1. The first-order valence-corrected chi connectivity index (χ1v) is 7.99. The van der Waals surface area contributed by atoms with Gasteiger partial charge in [-0.3, -0.25) is 4.79 Å². The zero-order valence-electron chi connectivity index (χ0n) is 13.0. The van der Waals surface area contributed by atoms with E-state index in [0.717, 1.165) is 24.3 Å². The van der Waals surface area contributed by atoms with Crippen LogP contribution in [0.5, 0.6) is 0 Å². The highest BCUT2D eigenvalue weighted by molar-refractivity contribution is 5.76. The number of anilines is 1. The summed E-state index contributed by atoms with van der Waals surface area (Å²) in [6, 6.07) is 7.78. The summed E-state index contributed by atoms with van der Waals surface area (Å²) in [6.45, 7) is 6.17. The third-order valence-corrected chi connectivity index (χ3v) is 4.20. The van der Waals surface area contributed by atoms with E-state index in [4.69, 9.17) is 5.73 Å². The van der Waals surface area contributed by atoms with Crippen molar-refractivity contribution < 1.29 is 4.79 Å². The molecule has 1 unspecified atom stereocenters. The molecule has 116 valence electrons. The minimum Gasteiger partial charge on any atom is -0.399 e. The van der Waals surface area contributed by atoms with Gasteiger partial charge >= 0.3 is 0 Å². The number of nitrogens with two attached hydrogens (primary N) is 1. The molecule has 0 radical (unpaired) electrons. The maximum Gasteiger partial charge on any atom is 0.220 e. The average molecular weight is 289 g/mol. The van der Waals surface area contributed by atoms with Crippen LogP contribution < -0.4 is 11.1 Å². The molecule has 0 spiro atoms. The summed E-state index contributed by atoms with van der Waals surface area (Å²) in [5.74, 6) is 0.358. The zero-order valence-corrected chi connectivity index (χ0v) is 13.0. The summed E-state index contributed by atoms with van der Waals surface area (Å²) >= 11 is 0. The van der Waals surface area contributed by atoms with Crippen LogP contribution >= 0.6 is 0 Å². The molecule has 1 atom stereocenters. The smallest absolute Gasteiger partial charge is 0.220 e. The Morgan fingerprint density at radius 1 is 1.24 bits per heavy atom. The lowest BCUT2D eigenvalue weighted by molar-refractivity contribution is -0.121. The van der Waals surface area contributed by atoms with E-state index >= 15 is 0 Å². The largest absolute Gasteiger partial charge is 0.399 e. The van der Waals surface area contributed by atoms with Crippen LogP contribution in [0.3, 0.4) is 0 Å². The fourth-order valence-electron chi connectivity index (χ4n) is 2.83. The van der Waals surface area contributed by atoms with Crippen LogP contribution in [-0.4, -0.2) is 37.0 Å². The van der Waals surface area contributed by atoms with E-state index in [2.05, 4.69) is 17.1 Å². The quantitative estimate of drug-likeness (QED) is 0.790. The van der Waals surface area contributed by atoms with Crippen molar-refractivity contribution in [3.63, 3.8) is 0 Å². The van der Waals surface area contributed by atoms with Crippen LogP contribution in [0.2, 0.25) is 0 Å². The molecule has 21 heavy (non-hydrogen) atoms. The number of likely N-dealkylation sites (tertiary alicyclic amines) is 1. The molecule has 1 aromatic carbocycles. The maximum atomic E-state index is 12.0. The number of piperidine rings is 1. The van der Waals surface area contributed by atoms with E-state index in [1.54, 1.807) is 0 Å². The Labute approximate surface area is 127 Å². The van der Waals surface area contributed by atoms with Crippen LogP contribution in [0.15, 0.2) is 24.3 Å². The maximum absolute atomic E-state index is 12.0. The summed E-state index contributed by atoms with van der Waals surface area (Å²) in [4.78, 5) is 14.4. The molecule has 1 amide bonds. The molecule has 2 rings (SSSR count). The highest BCUT2D eigenvalue weighted by atomic mass is 16.1. The molecule has 1 aliphatic rings. The van der Waals surface area contributed by atoms with Gasteiger partial charge in [-0.05, 0) is 49.5 Å². The third-order valence-electron chi connectivity index (χ3n) is 4.20. The molecule has 0 saturated carbocycles. The Morgan fingerprint density at radius 2 is 1.90 bits per heavy atom. The highest BCUT2D eigenvalue weighted by Gasteiger charge is 2.12. The first-order valence-electron chi connectivity index (χ1n) is 7.99. The Kier molecular flexibility index (Phi) is 6.05. The van der Waals surface area contributed by atoms with Crippen LogP contribution in [0.4, 0.5) is 5.69 Å². The number of nitrogens with one attached hydrogen (secondary N) is 1. The zero-order chi connectivity index (χ0) is 15.1. The van der Waals surface area contributed by atoms with Crippen molar-refractivity contribution >= 4 is 11.6 Å². The Balaban J connectivity index is 1.67. The van der Waals surface area contributed by atoms with Gasteiger partial charge in [0.05, 0.1) is 0 Å². The van der Waals surface area contributed by atoms with Crippen LogP contribution in [0.25, 0.3) is 0 Å². The SMILES string of the molecule is CC(CC(=O)NCCN1CCCCC1)c1ccc(N)cc1. The minimum absolute atomic E-state index is 0.135. The molecular formula is C17H27N3O. The third kappa shape index (κ3) is 5.38. The molecule has 3 N–H and O–H groups in total. The fraction of sp³-hybridized carbons (Fsp3) is 0.588. The molecule has 1 heterocycles. The number of nitrogen functional groups attached to an aromatic ring is 1. The lowest BCUT2D eigenvalue weighted by Crippen LogP contribution is -2.37. The van der Waals surface area contributed by atoms with Crippen molar-refractivity contribution in [3.05, 3.63) is 29.8 Å². The highest BCUT2D eigenvalue weighted by Crippen LogP contribution is 2.19. The molecule has 1 fully saturated rings. The van der Waals surface area contributed by atoms with Gasteiger partial charge in [0.25, 0.3) is 0 Å². The van der Waals surface area contributed by atoms with Gasteiger partial charge in [0.2, 0.25) is 5.91 Å². The molecular weight excluding hydrogens is 262 g/mol. The number of rotatable bonds is 6. The van der Waals surface area contributed by atoms with E-state index in [1.807, 2.05) is 24.3 Å². The second kappa shape index (κ2) is 8.03. The van der Waals surface area contributed by atoms with Gasteiger partial charge in [-0.1, -0.05) is 25.5 Å². The van der Waals surface area contributed by atoms with Crippen molar-refractivity contribution in [1.82, 2.24) is 10.2 Å². The van der Waals surface area contributed by atoms with Crippen LogP contribution in [0.1, 0.15) is 44.1 Å². The van der Waals surface area contributed by atoms with Crippen molar-refractivity contribution in [2.75, 3.05) is 31.9 Å². The van der Waals surface area contributed by atoms with Crippen molar-refractivity contribution in [2.45, 2.75) is 38.5 Å². The van der Waals surface area contributed by atoms with Gasteiger partial charge in [-0.25, -0.2) is 0 Å². The predicted octanol–water partition coefficient (Wildman–Crippen LogP) is 2.36. The van der Waals surface area contributed by atoms with E-state index in [0.29, 0.717) is 6.42 Å². The predicted molar refractivity (Wildman–Crippen MR) is 87.2 cm³/mol. The number of hydrogen-bond donors (Lipinski definition) is 2. The molecule has 0 bridgehead atoms. The van der Waals surface area contributed by atoms with Gasteiger partial charge in [0.15, 0.2) is 0 Å². The molecule has 1 aromatic rings. The number of nitrogens with zero attached hydrogens (tertiary/aromatic N) is 1. The van der Waals surface area contributed by atoms with Gasteiger partial charge < -0.3 is 16.0 Å². The molecule has 4 nitrogen and oxygen atoms in total. The van der Waals surface area contributed by atoms with Crippen LogP contribution in [0, 0.1) is 0 Å². The van der Waals surface area contributed by atoms with E-state index < -0.39 is 0 Å². The second-order valence-electron chi connectivity index (χ2n) is 6.02. The summed E-state index contributed by atoms with van der Waals surface area (Å²) < 4.78 is 0. The number of carbonyl (C=O) groups is 1. The van der Waals surface area contributed by atoms with E-state index in [-0.39, 0.29) is 11.8 Å². The lowest BCUT2D eigenvalue weighted by Gasteiger charge is -2.26. The standard InChI is InChI=1S/C17H27N3O/c1-14(15-5-7-16(18)8-6-15)13-17(21)19-9-12-20-10-3-2-4-11-20/h5-8,14H,2-4,9-13,18H2,1H3,(H,19,21). The number of amides is 1. The molecule has 4 heteroatoms. The summed E-state index contributed by atoms with van der Waals surface area (Å²) in [5, 5.41) is 3.04. The van der Waals surface area contributed by atoms with Gasteiger partial charge in [-0.15, -0.1) is 0 Å². The van der Waals surface area contributed by atoms with Crippen molar-refractivity contribution in [2.24, 2.45) is 0 Å². The van der Waals surface area contributed by atoms with Crippen molar-refractivity contribution in [3.8, 4) is 0 Å². The fourth-order valence-corrected chi connectivity index (χ4v) is 2.83. The van der Waals surface area contributed by atoms with Gasteiger partial charge in [0, 0.05) is 25.2 Å². The van der Waals surface area contributed by atoms with Gasteiger partial charge in [-0.2, -0.15) is 0 Å². The molecule has 1 saturated heterocycles. The average Bonchev–Trinajstić information content (AvgIpc) is 2.49. The monoisotopic (exact) mass is 289 g/mol. The second-order valence-corrected chi connectivity index (χ2v) is 6.02. The minimum atomic E-state index is 0.135. The van der Waals surface area contributed by atoms with E-state index in [1.165, 1.54) is 32.4 Å². The number of hydrogen-bond acceptors (Lipinski definition) is 3. The van der Waals surface area contributed by atoms with Crippen molar-refractivity contribution in [1.29, 1.82) is 0 Å². The first kappa shape index (κ1) is 15.8. The summed E-state index contributed by atoms with van der Waals surface area (Å²) in [5.41, 5.74) is 7.60. The Hall–Kier alpha value is -1.55. The Morgan fingerprint density at radius 3 is 2.57 bits per heavy atom.